The molecule has 0 spiro atoms. The van der Waals surface area contributed by atoms with Crippen LogP contribution in [0.25, 0.3) is 22.2 Å². The van der Waals surface area contributed by atoms with Gasteiger partial charge in [-0.2, -0.15) is 0 Å². The van der Waals surface area contributed by atoms with Crippen LogP contribution in [0.2, 0.25) is 5.02 Å². The number of nitrogens with one attached hydrogen (secondary N) is 2. The fourth-order valence-corrected chi connectivity index (χ4v) is 5.09. The molecule has 2 N–H and O–H groups in total. The quantitative estimate of drug-likeness (QED) is 0.220. The first-order valence-corrected chi connectivity index (χ1v) is 14.0. The molecule has 1 amide bonds. The van der Waals surface area contributed by atoms with E-state index in [4.69, 9.17) is 26.3 Å². The Bertz CT molecular complexity index is 1690. The average molecular weight is 564 g/mol. The van der Waals surface area contributed by atoms with Crippen molar-refractivity contribution in [1.82, 2.24) is 14.9 Å². The summed E-state index contributed by atoms with van der Waals surface area (Å²) in [4.78, 5) is 25.0. The molecule has 1 aliphatic rings. The van der Waals surface area contributed by atoms with Gasteiger partial charge in [0.15, 0.2) is 0 Å². The van der Waals surface area contributed by atoms with Crippen molar-refractivity contribution in [1.29, 1.82) is 0 Å². The van der Waals surface area contributed by atoms with Crippen LogP contribution in [-0.4, -0.2) is 47.1 Å². The highest BCUT2D eigenvalue weighted by atomic mass is 35.5. The number of halogens is 1. The fraction of sp³-hybridized carbons (Fsp3) is 0.182. The van der Waals surface area contributed by atoms with Crippen LogP contribution in [0.15, 0.2) is 91.0 Å². The van der Waals surface area contributed by atoms with Gasteiger partial charge in [-0.3, -0.25) is 9.69 Å². The molecule has 1 saturated heterocycles. The number of aromatic nitrogens is 2. The Morgan fingerprint density at radius 2 is 1.71 bits per heavy atom. The molecule has 5 aromatic rings. The fourth-order valence-electron chi connectivity index (χ4n) is 4.92. The monoisotopic (exact) mass is 563 g/mol. The van der Waals surface area contributed by atoms with E-state index in [2.05, 4.69) is 33.7 Å². The summed E-state index contributed by atoms with van der Waals surface area (Å²) >= 11 is 6.29. The third kappa shape index (κ3) is 6.38. The lowest BCUT2D eigenvalue weighted by Crippen LogP contribution is -2.35. The molecule has 1 fully saturated rings. The number of rotatable bonds is 7. The normalized spacial score (nSPS) is 13.7. The van der Waals surface area contributed by atoms with E-state index in [0.717, 1.165) is 71.9 Å². The summed E-state index contributed by atoms with van der Waals surface area (Å²) in [7, 11) is 0. The molecule has 0 radical (unpaired) electrons. The van der Waals surface area contributed by atoms with Crippen molar-refractivity contribution in [2.24, 2.45) is 0 Å². The predicted molar refractivity (Wildman–Crippen MR) is 165 cm³/mol. The Morgan fingerprint density at radius 3 is 2.49 bits per heavy atom. The van der Waals surface area contributed by atoms with E-state index in [0.29, 0.717) is 16.5 Å². The van der Waals surface area contributed by atoms with E-state index in [1.165, 1.54) is 5.56 Å². The van der Waals surface area contributed by atoms with Gasteiger partial charge in [0.25, 0.3) is 5.91 Å². The van der Waals surface area contributed by atoms with Crippen LogP contribution in [0.5, 0.6) is 0 Å². The summed E-state index contributed by atoms with van der Waals surface area (Å²) < 4.78 is 5.45. The summed E-state index contributed by atoms with van der Waals surface area (Å²) in [5.41, 5.74) is 6.90. The zero-order valence-electron chi connectivity index (χ0n) is 22.7. The SMILES string of the molecule is Cc1ccc(CN2CCOCC2)cc1NC(=O)c1ccc(Nc2nc(-c3ccccc3)c3cc(Cl)ccc3n2)cc1. The smallest absolute Gasteiger partial charge is 0.255 e. The third-order valence-electron chi connectivity index (χ3n) is 7.17. The Morgan fingerprint density at radius 1 is 0.927 bits per heavy atom. The van der Waals surface area contributed by atoms with Crippen molar-refractivity contribution >= 4 is 45.7 Å². The van der Waals surface area contributed by atoms with Gasteiger partial charge in [-0.1, -0.05) is 54.1 Å². The number of ether oxygens (including phenoxy) is 1. The maximum atomic E-state index is 13.1. The molecule has 1 aromatic heterocycles. The molecule has 206 valence electrons. The standard InChI is InChI=1S/C33H30ClN5O2/c1-22-7-8-23(21-39-15-17-41-18-16-39)19-30(22)36-32(40)25-9-12-27(13-10-25)35-33-37-29-14-11-26(34)20-28(29)31(38-33)24-5-3-2-4-6-24/h2-14,19-20H,15-18,21H2,1H3,(H,36,40)(H,35,37,38). The molecule has 0 aliphatic carbocycles. The molecular formula is C33H30ClN5O2. The zero-order chi connectivity index (χ0) is 28.2. The highest BCUT2D eigenvalue weighted by Crippen LogP contribution is 2.30. The minimum atomic E-state index is -0.159. The van der Waals surface area contributed by atoms with E-state index in [9.17, 15) is 4.79 Å². The minimum absolute atomic E-state index is 0.159. The molecule has 0 saturated carbocycles. The first-order valence-electron chi connectivity index (χ1n) is 13.6. The van der Waals surface area contributed by atoms with Gasteiger partial charge in [-0.15, -0.1) is 0 Å². The number of benzene rings is 4. The molecule has 6 rings (SSSR count). The Labute approximate surface area is 244 Å². The van der Waals surface area contributed by atoms with Crippen molar-refractivity contribution in [3.8, 4) is 11.3 Å². The maximum absolute atomic E-state index is 13.1. The second-order valence-electron chi connectivity index (χ2n) is 10.1. The number of nitrogens with zero attached hydrogens (tertiary/aromatic N) is 3. The molecule has 8 heteroatoms. The predicted octanol–water partition coefficient (Wildman–Crippen LogP) is 7.09. The number of carbonyl (C=O) groups is 1. The third-order valence-corrected chi connectivity index (χ3v) is 7.40. The lowest BCUT2D eigenvalue weighted by molar-refractivity contribution is 0.0342. The van der Waals surface area contributed by atoms with Crippen LogP contribution in [0.4, 0.5) is 17.3 Å². The molecule has 2 heterocycles. The largest absolute Gasteiger partial charge is 0.379 e. The summed E-state index contributed by atoms with van der Waals surface area (Å²) in [6.45, 7) is 6.20. The van der Waals surface area contributed by atoms with Gasteiger partial charge in [0.05, 0.1) is 24.4 Å². The topological polar surface area (TPSA) is 79.4 Å². The van der Waals surface area contributed by atoms with E-state index >= 15 is 0 Å². The second kappa shape index (κ2) is 12.1. The number of fused-ring (bicyclic) bond motifs is 1. The molecule has 1 aliphatic heterocycles. The van der Waals surface area contributed by atoms with E-state index in [1.807, 2.05) is 67.6 Å². The summed E-state index contributed by atoms with van der Waals surface area (Å²) in [5, 5.41) is 7.89. The second-order valence-corrected chi connectivity index (χ2v) is 10.6. The van der Waals surface area contributed by atoms with Crippen molar-refractivity contribution < 1.29 is 9.53 Å². The van der Waals surface area contributed by atoms with Crippen LogP contribution in [0.1, 0.15) is 21.5 Å². The zero-order valence-corrected chi connectivity index (χ0v) is 23.5. The first-order chi connectivity index (χ1) is 20.0. The lowest BCUT2D eigenvalue weighted by Gasteiger charge is -2.26. The molecule has 0 unspecified atom stereocenters. The molecule has 0 bridgehead atoms. The maximum Gasteiger partial charge on any atom is 0.255 e. The summed E-state index contributed by atoms with van der Waals surface area (Å²) in [5.74, 6) is 0.303. The molecule has 7 nitrogen and oxygen atoms in total. The first kappa shape index (κ1) is 26.9. The number of aryl methyl sites for hydroxylation is 1. The Hall–Kier alpha value is -4.30. The van der Waals surface area contributed by atoms with Gasteiger partial charge in [0.2, 0.25) is 5.95 Å². The highest BCUT2D eigenvalue weighted by molar-refractivity contribution is 6.31. The number of hydrogen-bond acceptors (Lipinski definition) is 6. The van der Waals surface area contributed by atoms with E-state index in [-0.39, 0.29) is 5.91 Å². The van der Waals surface area contributed by atoms with Gasteiger partial charge in [-0.05, 0) is 66.6 Å². The number of morpholine rings is 1. The van der Waals surface area contributed by atoms with E-state index < -0.39 is 0 Å². The number of amides is 1. The van der Waals surface area contributed by atoms with Gasteiger partial charge >= 0.3 is 0 Å². The van der Waals surface area contributed by atoms with Crippen molar-refractivity contribution in [3.05, 3.63) is 113 Å². The van der Waals surface area contributed by atoms with Crippen LogP contribution < -0.4 is 10.6 Å². The van der Waals surface area contributed by atoms with Crippen molar-refractivity contribution in [2.45, 2.75) is 13.5 Å². The average Bonchev–Trinajstić information content (AvgIpc) is 3.00. The molecule has 4 aromatic carbocycles. The van der Waals surface area contributed by atoms with Gasteiger partial charge in [-0.25, -0.2) is 9.97 Å². The van der Waals surface area contributed by atoms with Crippen LogP contribution in [0, 0.1) is 6.92 Å². The molecule has 41 heavy (non-hydrogen) atoms. The Balaban J connectivity index is 1.18. The van der Waals surface area contributed by atoms with Crippen LogP contribution >= 0.6 is 11.6 Å². The summed E-state index contributed by atoms with van der Waals surface area (Å²) in [6.07, 6.45) is 0. The molecule has 0 atom stereocenters. The minimum Gasteiger partial charge on any atom is -0.379 e. The van der Waals surface area contributed by atoms with Crippen molar-refractivity contribution in [3.63, 3.8) is 0 Å². The van der Waals surface area contributed by atoms with Crippen LogP contribution in [0.3, 0.4) is 0 Å². The highest BCUT2D eigenvalue weighted by Gasteiger charge is 2.14. The van der Waals surface area contributed by atoms with Gasteiger partial charge < -0.3 is 15.4 Å². The van der Waals surface area contributed by atoms with Gasteiger partial charge in [0.1, 0.15) is 0 Å². The van der Waals surface area contributed by atoms with Crippen LogP contribution in [-0.2, 0) is 11.3 Å². The van der Waals surface area contributed by atoms with Crippen molar-refractivity contribution in [2.75, 3.05) is 36.9 Å². The number of carbonyl (C=O) groups excluding carboxylic acids is 1. The summed E-state index contributed by atoms with van der Waals surface area (Å²) in [6, 6.07) is 29.1. The van der Waals surface area contributed by atoms with E-state index in [1.54, 1.807) is 12.1 Å². The molecular weight excluding hydrogens is 534 g/mol. The number of hydrogen-bond donors (Lipinski definition) is 2. The number of anilines is 3. The van der Waals surface area contributed by atoms with Gasteiger partial charge in [0, 0.05) is 52.5 Å². The Kier molecular flexibility index (Phi) is 7.91. The lowest BCUT2D eigenvalue weighted by atomic mass is 10.1.